The number of pyridine rings is 2. The van der Waals surface area contributed by atoms with Gasteiger partial charge in [0.2, 0.25) is 0 Å². The minimum atomic E-state index is -0.0119. The van der Waals surface area contributed by atoms with Gasteiger partial charge >= 0.3 is 0 Å². The molecule has 3 nitrogen and oxygen atoms in total. The first-order valence-corrected chi connectivity index (χ1v) is 10.8. The minimum Gasteiger partial charge on any atom is -0.295 e. The first-order chi connectivity index (χ1) is 13.5. The first kappa shape index (κ1) is 18.6. The van der Waals surface area contributed by atoms with E-state index < -0.39 is 0 Å². The zero-order valence-electron chi connectivity index (χ0n) is 18.9. The maximum Gasteiger partial charge on any atom is 0.147 e. The lowest BCUT2D eigenvalue weighted by Gasteiger charge is -2.34. The molecule has 4 aromatic rings. The van der Waals surface area contributed by atoms with E-state index in [2.05, 4.69) is 84.1 Å². The van der Waals surface area contributed by atoms with Crippen LogP contribution in [0.4, 0.5) is 0 Å². The molecular formula is C26H31N3. The predicted molar refractivity (Wildman–Crippen MR) is 122 cm³/mol. The Morgan fingerprint density at radius 3 is 2.34 bits per heavy atom. The average molecular weight is 386 g/mol. The lowest BCUT2D eigenvalue weighted by Crippen LogP contribution is -2.26. The van der Waals surface area contributed by atoms with Crippen molar-refractivity contribution in [3.8, 4) is 0 Å². The summed E-state index contributed by atoms with van der Waals surface area (Å²) in [7, 11) is 0. The van der Waals surface area contributed by atoms with Crippen LogP contribution in [-0.4, -0.2) is 14.4 Å². The molecule has 3 aromatic heterocycles. The van der Waals surface area contributed by atoms with E-state index >= 15 is 0 Å². The highest BCUT2D eigenvalue weighted by atomic mass is 15.0. The number of aryl methyl sites for hydroxylation is 2. The van der Waals surface area contributed by atoms with Crippen LogP contribution in [0.3, 0.4) is 0 Å². The smallest absolute Gasteiger partial charge is 0.147 e. The van der Waals surface area contributed by atoms with Gasteiger partial charge in [0.25, 0.3) is 0 Å². The number of fused-ring (bicyclic) bond motifs is 8. The number of hydrogen-bond acceptors (Lipinski definition) is 2. The van der Waals surface area contributed by atoms with E-state index in [9.17, 15) is 0 Å². The molecule has 1 aromatic carbocycles. The molecule has 0 radical (unpaired) electrons. The van der Waals surface area contributed by atoms with Gasteiger partial charge in [-0.25, -0.2) is 4.98 Å². The molecule has 29 heavy (non-hydrogen) atoms. The monoisotopic (exact) mass is 385 g/mol. The number of aromatic nitrogens is 3. The Bertz CT molecular complexity index is 1320. The van der Waals surface area contributed by atoms with Crippen LogP contribution >= 0.6 is 0 Å². The first-order valence-electron chi connectivity index (χ1n) is 10.8. The molecule has 1 unspecified atom stereocenters. The Labute approximate surface area is 173 Å². The molecular weight excluding hydrogens is 354 g/mol. The van der Waals surface area contributed by atoms with Gasteiger partial charge in [0.05, 0.1) is 16.6 Å². The number of hydrogen-bond donors (Lipinski definition) is 0. The fourth-order valence-electron chi connectivity index (χ4n) is 5.14. The SMILES string of the molecule is Cc1cc2nc3c4c5cc(nc4cc(C(C)(C)C)n3c2cc1C)C(C)(C)CC5C. The topological polar surface area (TPSA) is 30.2 Å². The average Bonchev–Trinajstić information content (AvgIpc) is 2.96. The van der Waals surface area contributed by atoms with Gasteiger partial charge in [-0.2, -0.15) is 0 Å². The van der Waals surface area contributed by atoms with E-state index in [0.717, 1.165) is 23.1 Å². The van der Waals surface area contributed by atoms with Crippen molar-refractivity contribution in [2.45, 2.75) is 78.6 Å². The lowest BCUT2D eigenvalue weighted by molar-refractivity contribution is 0.413. The van der Waals surface area contributed by atoms with E-state index in [4.69, 9.17) is 9.97 Å². The highest BCUT2D eigenvalue weighted by Crippen LogP contribution is 2.44. The summed E-state index contributed by atoms with van der Waals surface area (Å²) in [6.07, 6.45) is 1.13. The number of imidazole rings is 1. The molecule has 0 fully saturated rings. The summed E-state index contributed by atoms with van der Waals surface area (Å²) in [6, 6.07) is 9.18. The van der Waals surface area contributed by atoms with Crippen LogP contribution in [0.25, 0.3) is 27.6 Å². The Morgan fingerprint density at radius 1 is 0.966 bits per heavy atom. The van der Waals surface area contributed by atoms with Crippen LogP contribution in [0.1, 0.15) is 82.0 Å². The van der Waals surface area contributed by atoms with E-state index in [1.54, 1.807) is 0 Å². The highest BCUT2D eigenvalue weighted by Gasteiger charge is 2.34. The van der Waals surface area contributed by atoms with Gasteiger partial charge < -0.3 is 0 Å². The maximum atomic E-state index is 5.18. The zero-order chi connectivity index (χ0) is 20.9. The van der Waals surface area contributed by atoms with Gasteiger partial charge in [0, 0.05) is 27.6 Å². The molecule has 0 aliphatic heterocycles. The summed E-state index contributed by atoms with van der Waals surface area (Å²) in [5.41, 5.74) is 11.0. The van der Waals surface area contributed by atoms with Crippen molar-refractivity contribution in [3.63, 3.8) is 0 Å². The molecule has 3 heterocycles. The molecule has 0 amide bonds. The largest absolute Gasteiger partial charge is 0.295 e. The highest BCUT2D eigenvalue weighted by molar-refractivity contribution is 6.00. The Balaban J connectivity index is 2.04. The zero-order valence-corrected chi connectivity index (χ0v) is 18.9. The molecule has 1 aliphatic rings. The van der Waals surface area contributed by atoms with E-state index in [0.29, 0.717) is 5.92 Å². The molecule has 0 saturated carbocycles. The molecule has 2 bridgehead atoms. The summed E-state index contributed by atoms with van der Waals surface area (Å²) in [6.45, 7) is 18.2. The molecule has 1 atom stereocenters. The van der Waals surface area contributed by atoms with Crippen LogP contribution in [0.5, 0.6) is 0 Å². The standard InChI is InChI=1S/C26H31N3/c1-14-9-18-20(10-15(14)2)29-22(25(4,5)6)12-19-23(24(29)28-18)17-11-21(27-19)26(7,8)13-16(17)3/h9-12,16H,13H2,1-8H3. The number of rotatable bonds is 0. The van der Waals surface area contributed by atoms with Gasteiger partial charge in [-0.05, 0) is 67.1 Å². The normalized spacial score (nSPS) is 18.8. The van der Waals surface area contributed by atoms with Gasteiger partial charge in [-0.15, -0.1) is 0 Å². The van der Waals surface area contributed by atoms with Crippen LogP contribution in [0.2, 0.25) is 0 Å². The van der Waals surface area contributed by atoms with Crippen molar-refractivity contribution in [2.75, 3.05) is 0 Å². The van der Waals surface area contributed by atoms with Crippen molar-refractivity contribution in [1.82, 2.24) is 14.4 Å². The second-order valence-electron chi connectivity index (χ2n) is 10.8. The summed E-state index contributed by atoms with van der Waals surface area (Å²) >= 11 is 0. The molecule has 1 aliphatic carbocycles. The molecule has 0 N–H and O–H groups in total. The summed E-state index contributed by atoms with van der Waals surface area (Å²) in [5, 5.41) is 1.23. The second kappa shape index (κ2) is 5.59. The molecule has 0 saturated heterocycles. The Hall–Kier alpha value is -2.42. The van der Waals surface area contributed by atoms with Crippen molar-refractivity contribution in [1.29, 1.82) is 0 Å². The summed E-state index contributed by atoms with van der Waals surface area (Å²) in [4.78, 5) is 10.3. The van der Waals surface area contributed by atoms with Gasteiger partial charge in [0.15, 0.2) is 0 Å². The maximum absolute atomic E-state index is 5.18. The predicted octanol–water partition coefficient (Wildman–Crippen LogP) is 6.73. The second-order valence-corrected chi connectivity index (χ2v) is 10.8. The summed E-state index contributed by atoms with van der Waals surface area (Å²) in [5.74, 6) is 0.496. The fraction of sp³-hybridized carbons (Fsp3) is 0.462. The third-order valence-corrected chi connectivity index (χ3v) is 6.90. The molecule has 5 rings (SSSR count). The van der Waals surface area contributed by atoms with Crippen molar-refractivity contribution in [2.24, 2.45) is 0 Å². The fourth-order valence-corrected chi connectivity index (χ4v) is 5.14. The third kappa shape index (κ3) is 2.56. The van der Waals surface area contributed by atoms with Crippen LogP contribution in [0, 0.1) is 13.8 Å². The van der Waals surface area contributed by atoms with Gasteiger partial charge in [-0.3, -0.25) is 9.38 Å². The van der Waals surface area contributed by atoms with Crippen molar-refractivity contribution < 1.29 is 0 Å². The van der Waals surface area contributed by atoms with E-state index in [1.807, 2.05) is 0 Å². The number of benzene rings is 1. The van der Waals surface area contributed by atoms with E-state index in [-0.39, 0.29) is 10.8 Å². The van der Waals surface area contributed by atoms with Gasteiger partial charge in [-0.1, -0.05) is 41.5 Å². The Kier molecular flexibility index (Phi) is 3.59. The minimum absolute atomic E-state index is 0.0119. The summed E-state index contributed by atoms with van der Waals surface area (Å²) < 4.78 is 2.40. The molecule has 3 heteroatoms. The number of nitrogens with zero attached hydrogens (tertiary/aromatic N) is 3. The third-order valence-electron chi connectivity index (χ3n) is 6.90. The van der Waals surface area contributed by atoms with Gasteiger partial charge in [0.1, 0.15) is 5.65 Å². The van der Waals surface area contributed by atoms with Crippen molar-refractivity contribution in [3.05, 3.63) is 52.3 Å². The Morgan fingerprint density at radius 2 is 1.66 bits per heavy atom. The van der Waals surface area contributed by atoms with Crippen molar-refractivity contribution >= 4 is 27.6 Å². The lowest BCUT2D eigenvalue weighted by atomic mass is 9.72. The van der Waals surface area contributed by atoms with Crippen LogP contribution in [-0.2, 0) is 10.8 Å². The van der Waals surface area contributed by atoms with E-state index in [1.165, 1.54) is 39.0 Å². The van der Waals surface area contributed by atoms with Crippen LogP contribution in [0.15, 0.2) is 24.3 Å². The molecule has 0 spiro atoms. The quantitative estimate of drug-likeness (QED) is 0.336. The molecule has 150 valence electrons. The van der Waals surface area contributed by atoms with Crippen LogP contribution < -0.4 is 0 Å².